The van der Waals surface area contributed by atoms with Gasteiger partial charge < -0.3 is 10.8 Å². The molecule has 2 aromatic carbocycles. The molecule has 7 nitrogen and oxygen atoms in total. The number of aliphatic hydroxyl groups excluding tert-OH is 1. The van der Waals surface area contributed by atoms with Crippen molar-refractivity contribution in [1.29, 1.82) is 0 Å². The lowest BCUT2D eigenvalue weighted by Crippen LogP contribution is -2.47. The van der Waals surface area contributed by atoms with Crippen molar-refractivity contribution in [2.75, 3.05) is 21.5 Å². The van der Waals surface area contributed by atoms with Gasteiger partial charge in [-0.05, 0) is 55.3 Å². The molecule has 3 rings (SSSR count). The molecule has 27 heavy (non-hydrogen) atoms. The Bertz CT molecular complexity index is 1060. The Labute approximate surface area is 159 Å². The average Bonchev–Trinajstić information content (AvgIpc) is 2.84. The molecular weight excluding hydrogens is 388 g/mol. The molecule has 0 radical (unpaired) electrons. The van der Waals surface area contributed by atoms with Gasteiger partial charge in [0.05, 0.1) is 34.2 Å². The van der Waals surface area contributed by atoms with Crippen LogP contribution in [0.3, 0.4) is 0 Å². The van der Waals surface area contributed by atoms with Crippen LogP contribution in [0.4, 0.5) is 11.4 Å². The fourth-order valence-electron chi connectivity index (χ4n) is 3.26. The molecule has 0 bridgehead atoms. The normalized spacial score (nSPS) is 21.9. The first-order chi connectivity index (χ1) is 12.5. The Morgan fingerprint density at radius 3 is 2.26 bits per heavy atom. The number of nitrogen functional groups attached to an aromatic ring is 1. The number of rotatable bonds is 4. The first kappa shape index (κ1) is 19.7. The predicted octanol–water partition coefficient (Wildman–Crippen LogP) is 1.24. The molecule has 1 heterocycles. The molecule has 9 heteroatoms. The van der Waals surface area contributed by atoms with Crippen LogP contribution in [0.25, 0.3) is 0 Å². The van der Waals surface area contributed by atoms with E-state index in [-0.39, 0.29) is 10.6 Å². The maximum atomic E-state index is 13.5. The van der Waals surface area contributed by atoms with Crippen molar-refractivity contribution in [3.8, 4) is 0 Å². The summed E-state index contributed by atoms with van der Waals surface area (Å²) in [5.41, 5.74) is 7.70. The van der Waals surface area contributed by atoms with Crippen molar-refractivity contribution >= 4 is 31.2 Å². The van der Waals surface area contributed by atoms with Crippen LogP contribution in [0, 0.1) is 13.8 Å². The number of hydrogen-bond donors (Lipinski definition) is 2. The number of aryl methyl sites for hydroxylation is 2. The topological polar surface area (TPSA) is 118 Å². The Balaban J connectivity index is 2.20. The predicted molar refractivity (Wildman–Crippen MR) is 105 cm³/mol. The number of nitrogens with two attached hydrogens (primary N) is 1. The van der Waals surface area contributed by atoms with Gasteiger partial charge in [-0.2, -0.15) is 0 Å². The van der Waals surface area contributed by atoms with Gasteiger partial charge in [-0.3, -0.25) is 4.31 Å². The molecule has 0 aromatic heterocycles. The van der Waals surface area contributed by atoms with Gasteiger partial charge in [0.1, 0.15) is 0 Å². The molecule has 3 N–H and O–H groups in total. The van der Waals surface area contributed by atoms with Crippen LogP contribution in [-0.2, 0) is 19.9 Å². The van der Waals surface area contributed by atoms with Crippen LogP contribution < -0.4 is 10.0 Å². The molecule has 146 valence electrons. The van der Waals surface area contributed by atoms with Crippen molar-refractivity contribution in [3.63, 3.8) is 0 Å². The second-order valence-electron chi connectivity index (χ2n) is 6.87. The highest BCUT2D eigenvalue weighted by atomic mass is 32.2. The van der Waals surface area contributed by atoms with Crippen molar-refractivity contribution in [1.82, 2.24) is 0 Å². The highest BCUT2D eigenvalue weighted by Crippen LogP contribution is 2.33. The monoisotopic (exact) mass is 410 g/mol. The van der Waals surface area contributed by atoms with E-state index in [0.717, 1.165) is 9.87 Å². The minimum absolute atomic E-state index is 0.0795. The molecule has 2 aromatic rings. The van der Waals surface area contributed by atoms with Crippen molar-refractivity contribution in [3.05, 3.63) is 53.6 Å². The first-order valence-electron chi connectivity index (χ1n) is 8.37. The maximum Gasteiger partial charge on any atom is 0.264 e. The third-order valence-corrected chi connectivity index (χ3v) is 8.32. The van der Waals surface area contributed by atoms with Crippen LogP contribution in [0.2, 0.25) is 0 Å². The smallest absolute Gasteiger partial charge is 0.264 e. The van der Waals surface area contributed by atoms with Gasteiger partial charge in [0, 0.05) is 5.69 Å². The summed E-state index contributed by atoms with van der Waals surface area (Å²) in [7, 11) is -7.67. The van der Waals surface area contributed by atoms with E-state index in [0.29, 0.717) is 11.3 Å². The summed E-state index contributed by atoms with van der Waals surface area (Å²) in [5, 5.41) is 10.3. The number of anilines is 2. The SMILES string of the molecule is Cc1ccc(C)c(S(=O)(=O)N(c2ccc(N)cc2)[C@@H]2CS(=O)(=O)C[C@H]2O)c1. The zero-order valence-electron chi connectivity index (χ0n) is 15.0. The van der Waals surface area contributed by atoms with Gasteiger partial charge in [-0.1, -0.05) is 12.1 Å². The fourth-order valence-corrected chi connectivity index (χ4v) is 7.11. The minimum atomic E-state index is -4.12. The Kier molecular flexibility index (Phi) is 4.96. The first-order valence-corrected chi connectivity index (χ1v) is 11.6. The van der Waals surface area contributed by atoms with Gasteiger partial charge in [0.25, 0.3) is 10.0 Å². The quantitative estimate of drug-likeness (QED) is 0.732. The number of aliphatic hydroxyl groups is 1. The lowest BCUT2D eigenvalue weighted by Gasteiger charge is -2.32. The maximum absolute atomic E-state index is 13.5. The molecule has 0 unspecified atom stereocenters. The Morgan fingerprint density at radius 1 is 1.07 bits per heavy atom. The summed E-state index contributed by atoms with van der Waals surface area (Å²) >= 11 is 0. The van der Waals surface area contributed by atoms with E-state index in [1.165, 1.54) is 24.3 Å². The molecule has 1 aliphatic heterocycles. The lowest BCUT2D eigenvalue weighted by atomic mass is 10.2. The van der Waals surface area contributed by atoms with Gasteiger partial charge in [0.15, 0.2) is 9.84 Å². The summed E-state index contributed by atoms with van der Waals surface area (Å²) in [5.74, 6) is -0.909. The van der Waals surface area contributed by atoms with Gasteiger partial charge >= 0.3 is 0 Å². The van der Waals surface area contributed by atoms with E-state index in [1.54, 1.807) is 32.0 Å². The second kappa shape index (κ2) is 6.81. The zero-order valence-corrected chi connectivity index (χ0v) is 16.7. The zero-order chi connectivity index (χ0) is 20.0. The second-order valence-corrected chi connectivity index (χ2v) is 10.8. The third-order valence-electron chi connectivity index (χ3n) is 4.62. The summed E-state index contributed by atoms with van der Waals surface area (Å²) in [6, 6.07) is 10.0. The molecule has 0 aliphatic carbocycles. The van der Waals surface area contributed by atoms with E-state index in [9.17, 15) is 21.9 Å². The van der Waals surface area contributed by atoms with E-state index in [4.69, 9.17) is 5.73 Å². The summed E-state index contributed by atoms with van der Waals surface area (Å²) in [6.45, 7) is 3.45. The lowest BCUT2D eigenvalue weighted by molar-refractivity contribution is 0.184. The third kappa shape index (κ3) is 3.80. The van der Waals surface area contributed by atoms with Crippen LogP contribution in [0.5, 0.6) is 0 Å². The molecule has 1 saturated heterocycles. The van der Waals surface area contributed by atoms with Crippen LogP contribution >= 0.6 is 0 Å². The van der Waals surface area contributed by atoms with Crippen LogP contribution in [0.1, 0.15) is 11.1 Å². The van der Waals surface area contributed by atoms with Crippen molar-refractivity contribution < 1.29 is 21.9 Å². The fraction of sp³-hybridized carbons (Fsp3) is 0.333. The van der Waals surface area contributed by atoms with Crippen LogP contribution in [-0.4, -0.2) is 45.6 Å². The molecular formula is C18H22N2O5S2. The Hall–Kier alpha value is -2.10. The highest BCUT2D eigenvalue weighted by molar-refractivity contribution is 7.93. The molecule has 0 saturated carbocycles. The van der Waals surface area contributed by atoms with Crippen molar-refractivity contribution in [2.24, 2.45) is 0 Å². The number of sulfone groups is 1. The molecule has 0 amide bonds. The standard InChI is InChI=1S/C18H22N2O5S2/c1-12-3-4-13(2)18(9-12)27(24,25)20(15-7-5-14(19)6-8-15)16-10-26(22,23)11-17(16)21/h3-9,16-17,21H,10-11,19H2,1-2H3/t16-,17-/m1/s1. The van der Waals surface area contributed by atoms with Gasteiger partial charge in [-0.15, -0.1) is 0 Å². The van der Waals surface area contributed by atoms with E-state index in [2.05, 4.69) is 0 Å². The molecule has 1 fully saturated rings. The summed E-state index contributed by atoms with van der Waals surface area (Å²) in [4.78, 5) is 0.0795. The van der Waals surface area contributed by atoms with Crippen molar-refractivity contribution in [2.45, 2.75) is 30.9 Å². The molecule has 1 aliphatic rings. The number of sulfonamides is 1. The van der Waals surface area contributed by atoms with Crippen LogP contribution in [0.15, 0.2) is 47.4 Å². The Morgan fingerprint density at radius 2 is 1.70 bits per heavy atom. The highest BCUT2D eigenvalue weighted by Gasteiger charge is 2.45. The van der Waals surface area contributed by atoms with E-state index < -0.39 is 43.5 Å². The van der Waals surface area contributed by atoms with E-state index >= 15 is 0 Å². The largest absolute Gasteiger partial charge is 0.399 e. The number of benzene rings is 2. The summed E-state index contributed by atoms with van der Waals surface area (Å²) < 4.78 is 52.1. The van der Waals surface area contributed by atoms with Gasteiger partial charge in [0.2, 0.25) is 0 Å². The number of nitrogens with zero attached hydrogens (tertiary/aromatic N) is 1. The molecule has 0 spiro atoms. The van der Waals surface area contributed by atoms with E-state index in [1.807, 2.05) is 0 Å². The minimum Gasteiger partial charge on any atom is -0.399 e. The molecule has 2 atom stereocenters. The van der Waals surface area contributed by atoms with Gasteiger partial charge in [-0.25, -0.2) is 16.8 Å². The summed E-state index contributed by atoms with van der Waals surface area (Å²) in [6.07, 6.45) is -1.31. The average molecular weight is 411 g/mol. The number of hydrogen-bond acceptors (Lipinski definition) is 6.